The van der Waals surface area contributed by atoms with Gasteiger partial charge in [-0.25, -0.2) is 9.48 Å². The summed E-state index contributed by atoms with van der Waals surface area (Å²) in [6.07, 6.45) is 7.98. The van der Waals surface area contributed by atoms with Gasteiger partial charge in [0, 0.05) is 51.0 Å². The molecule has 1 N–H and O–H groups in total. The Morgan fingerprint density at radius 1 is 1.24 bits per heavy atom. The van der Waals surface area contributed by atoms with Gasteiger partial charge in [0.2, 0.25) is 0 Å². The molecule has 0 bridgehead atoms. The van der Waals surface area contributed by atoms with E-state index in [4.69, 9.17) is 14.3 Å². The molecule has 2 heterocycles. The molecule has 2 aliphatic rings. The van der Waals surface area contributed by atoms with E-state index < -0.39 is 14.4 Å². The fraction of sp³-hybridized carbons (Fsp3) is 0.857. The van der Waals surface area contributed by atoms with Gasteiger partial charge in [-0.15, -0.1) is 0 Å². The third kappa shape index (κ3) is 7.58. The zero-order valence-corrected chi connectivity index (χ0v) is 25.8. The molecule has 1 aliphatic carbocycles. The Morgan fingerprint density at radius 3 is 2.54 bits per heavy atom. The molecule has 2 unspecified atom stereocenters. The molecule has 212 valence electrons. The van der Waals surface area contributed by atoms with Crippen LogP contribution in [-0.4, -0.2) is 79.0 Å². The molecule has 0 spiro atoms. The molecule has 9 heteroatoms. The Bertz CT molecular complexity index is 904. The van der Waals surface area contributed by atoms with Gasteiger partial charge in [0.1, 0.15) is 6.23 Å². The summed E-state index contributed by atoms with van der Waals surface area (Å²) in [4.78, 5) is 14.8. The minimum absolute atomic E-state index is 0.00371. The van der Waals surface area contributed by atoms with Crippen LogP contribution in [0.3, 0.4) is 0 Å². The highest BCUT2D eigenvalue weighted by molar-refractivity contribution is 6.74. The minimum atomic E-state index is -1.91. The zero-order chi connectivity index (χ0) is 27.6. The van der Waals surface area contributed by atoms with Gasteiger partial charge in [-0.05, 0) is 69.1 Å². The van der Waals surface area contributed by atoms with Crippen LogP contribution >= 0.6 is 0 Å². The van der Waals surface area contributed by atoms with Crippen molar-refractivity contribution < 1.29 is 19.1 Å². The van der Waals surface area contributed by atoms with E-state index in [-0.39, 0.29) is 22.8 Å². The number of hydrogen-bond acceptors (Lipinski definition) is 5. The van der Waals surface area contributed by atoms with Gasteiger partial charge in [-0.2, -0.15) is 5.10 Å². The summed E-state index contributed by atoms with van der Waals surface area (Å²) in [5, 5.41) is 14.6. The molecule has 2 fully saturated rings. The molecule has 1 saturated carbocycles. The number of hydrogen-bond donors (Lipinski definition) is 1. The summed E-state index contributed by atoms with van der Waals surface area (Å²) in [6.45, 7) is 19.1. The fourth-order valence-electron chi connectivity index (χ4n) is 5.17. The van der Waals surface area contributed by atoms with Crippen molar-refractivity contribution in [3.8, 4) is 0 Å². The van der Waals surface area contributed by atoms with Crippen LogP contribution < -0.4 is 0 Å². The van der Waals surface area contributed by atoms with Crippen LogP contribution in [0.2, 0.25) is 18.1 Å². The lowest BCUT2D eigenvalue weighted by atomic mass is 9.70. The molecule has 37 heavy (non-hydrogen) atoms. The normalized spacial score (nSPS) is 24.9. The van der Waals surface area contributed by atoms with E-state index in [1.807, 2.05) is 0 Å². The zero-order valence-electron chi connectivity index (χ0n) is 24.8. The van der Waals surface area contributed by atoms with E-state index in [1.54, 1.807) is 7.05 Å². The maximum Gasteiger partial charge on any atom is 0.407 e. The van der Waals surface area contributed by atoms with Gasteiger partial charge in [0.05, 0.1) is 11.8 Å². The summed E-state index contributed by atoms with van der Waals surface area (Å²) in [5.74, 6) is 0.345. The van der Waals surface area contributed by atoms with Crippen molar-refractivity contribution in [2.75, 3.05) is 33.8 Å². The second-order valence-corrected chi connectivity index (χ2v) is 18.4. The lowest BCUT2D eigenvalue weighted by Gasteiger charge is -2.48. The average molecular weight is 537 g/mol. The first-order valence-electron chi connectivity index (χ1n) is 14.1. The average Bonchev–Trinajstić information content (AvgIpc) is 3.22. The van der Waals surface area contributed by atoms with Crippen LogP contribution in [0.4, 0.5) is 4.79 Å². The van der Waals surface area contributed by atoms with Crippen LogP contribution in [0, 0.1) is 5.41 Å². The van der Waals surface area contributed by atoms with Crippen LogP contribution in [0.5, 0.6) is 0 Å². The number of ether oxygens (including phenoxy) is 1. The lowest BCUT2D eigenvalue weighted by Crippen LogP contribution is -2.49. The summed E-state index contributed by atoms with van der Waals surface area (Å²) < 4.78 is 15.2. The topological polar surface area (TPSA) is 80.1 Å². The van der Waals surface area contributed by atoms with Crippen LogP contribution in [0.25, 0.3) is 0 Å². The molecule has 0 aromatic carbocycles. The summed E-state index contributed by atoms with van der Waals surface area (Å²) in [7, 11) is 1.76. The van der Waals surface area contributed by atoms with E-state index in [9.17, 15) is 9.90 Å². The van der Waals surface area contributed by atoms with Crippen molar-refractivity contribution in [2.45, 2.75) is 116 Å². The smallest absolute Gasteiger partial charge is 0.407 e. The van der Waals surface area contributed by atoms with Gasteiger partial charge < -0.3 is 24.1 Å². The fourth-order valence-corrected chi connectivity index (χ4v) is 6.65. The highest BCUT2D eigenvalue weighted by Crippen LogP contribution is 2.48. The van der Waals surface area contributed by atoms with Crippen molar-refractivity contribution in [3.63, 3.8) is 0 Å². The predicted molar refractivity (Wildman–Crippen MR) is 150 cm³/mol. The number of likely N-dealkylation sites (N-methyl/N-ethyl adjacent to an activating group) is 2. The van der Waals surface area contributed by atoms with E-state index >= 15 is 0 Å². The Balaban J connectivity index is 1.84. The molecular formula is C28H52N4O4Si. The third-order valence-corrected chi connectivity index (χ3v) is 13.5. The van der Waals surface area contributed by atoms with Gasteiger partial charge in [0.15, 0.2) is 8.32 Å². The van der Waals surface area contributed by atoms with Crippen molar-refractivity contribution in [3.05, 3.63) is 17.5 Å². The molecule has 8 nitrogen and oxygen atoms in total. The van der Waals surface area contributed by atoms with Gasteiger partial charge in [-0.1, -0.05) is 34.6 Å². The maximum absolute atomic E-state index is 11.2. The van der Waals surface area contributed by atoms with Crippen molar-refractivity contribution in [2.24, 2.45) is 5.41 Å². The highest BCUT2D eigenvalue weighted by Gasteiger charge is 2.46. The number of amides is 1. The second kappa shape index (κ2) is 11.8. The molecule has 0 radical (unpaired) electrons. The third-order valence-electron chi connectivity index (χ3n) is 9.01. The Labute approximate surface area is 225 Å². The second-order valence-electron chi connectivity index (χ2n) is 13.6. The molecule has 1 aromatic rings. The van der Waals surface area contributed by atoms with Gasteiger partial charge in [0.25, 0.3) is 0 Å². The Kier molecular flexibility index (Phi) is 9.57. The van der Waals surface area contributed by atoms with E-state index in [1.165, 1.54) is 16.2 Å². The largest absolute Gasteiger partial charge is 0.465 e. The highest BCUT2D eigenvalue weighted by atomic mass is 28.4. The Hall–Kier alpha value is -1.42. The molecule has 1 aromatic heterocycles. The number of aromatic nitrogens is 2. The molecule has 3 rings (SSSR count). The van der Waals surface area contributed by atoms with Crippen LogP contribution in [0.1, 0.15) is 96.5 Å². The quantitative estimate of drug-likeness (QED) is 0.373. The first-order valence-corrected chi connectivity index (χ1v) is 17.0. The predicted octanol–water partition coefficient (Wildman–Crippen LogP) is 6.31. The summed E-state index contributed by atoms with van der Waals surface area (Å²) >= 11 is 0. The van der Waals surface area contributed by atoms with Crippen LogP contribution in [0.15, 0.2) is 6.20 Å². The molecule has 1 aliphatic heterocycles. The van der Waals surface area contributed by atoms with E-state index in [2.05, 4.69) is 70.5 Å². The summed E-state index contributed by atoms with van der Waals surface area (Å²) in [5.41, 5.74) is 2.54. The molecule has 1 saturated heterocycles. The van der Waals surface area contributed by atoms with Crippen molar-refractivity contribution in [1.82, 2.24) is 19.6 Å². The summed E-state index contributed by atoms with van der Waals surface area (Å²) in [6, 6.07) is 0. The Morgan fingerprint density at radius 2 is 1.95 bits per heavy atom. The van der Waals surface area contributed by atoms with E-state index in [0.717, 1.165) is 51.7 Å². The lowest BCUT2D eigenvalue weighted by molar-refractivity contribution is -0.0400. The first-order chi connectivity index (χ1) is 17.1. The number of nitrogens with zero attached hydrogens (tertiary/aromatic N) is 4. The molecule has 1 amide bonds. The van der Waals surface area contributed by atoms with Gasteiger partial charge >= 0.3 is 6.09 Å². The van der Waals surface area contributed by atoms with Crippen molar-refractivity contribution in [1.29, 1.82) is 0 Å². The number of rotatable bonds is 9. The SMILES string of the molecule is CN(CCN(C)C(=O)O)Cc1cn(C2CCCCO2)nc1C1CCC(C)(C)[C@H](O[Si](C)(C)C(C)(C)C)C1. The van der Waals surface area contributed by atoms with E-state index in [0.29, 0.717) is 19.0 Å². The number of carboxylic acid groups (broad SMARTS) is 1. The van der Waals surface area contributed by atoms with Gasteiger partial charge in [-0.3, -0.25) is 0 Å². The molecule has 3 atom stereocenters. The maximum atomic E-state index is 11.2. The van der Waals surface area contributed by atoms with Crippen molar-refractivity contribution >= 4 is 14.4 Å². The molecular weight excluding hydrogens is 484 g/mol. The standard InChI is InChI=1S/C28H52N4O4Si/c1-27(2,3)37(8,9)36-23-18-21(13-14-28(23,4)5)25-22(19-30(6)15-16-31(7)26(33)34)20-32(29-25)24-12-10-11-17-35-24/h20-21,23-24H,10-19H2,1-9H3,(H,33,34)/t21?,23-,24?/m1/s1. The van der Waals surface area contributed by atoms with Crippen LogP contribution in [-0.2, 0) is 15.7 Å². The first kappa shape index (κ1) is 30.1. The number of carbonyl (C=O) groups is 1. The minimum Gasteiger partial charge on any atom is -0.465 e. The monoisotopic (exact) mass is 536 g/mol.